The van der Waals surface area contributed by atoms with Crippen LogP contribution >= 0.6 is 0 Å². The maximum atomic E-state index is 14.2. The molecule has 6 heteroatoms. The molecule has 6 nitrogen and oxygen atoms in total. The number of amides is 3. The molecular formula is C30H30N2O4. The van der Waals surface area contributed by atoms with Crippen molar-refractivity contribution in [3.05, 3.63) is 89.5 Å². The van der Waals surface area contributed by atoms with Crippen molar-refractivity contribution in [3.8, 4) is 5.75 Å². The molecule has 1 fully saturated rings. The molecule has 0 radical (unpaired) electrons. The van der Waals surface area contributed by atoms with Gasteiger partial charge in [-0.3, -0.25) is 14.4 Å². The Bertz CT molecular complexity index is 1370. The van der Waals surface area contributed by atoms with Crippen molar-refractivity contribution >= 4 is 29.1 Å². The van der Waals surface area contributed by atoms with E-state index in [1.807, 2.05) is 72.8 Å². The second-order valence-electron chi connectivity index (χ2n) is 10.6. The van der Waals surface area contributed by atoms with Gasteiger partial charge in [-0.25, -0.2) is 4.90 Å². The van der Waals surface area contributed by atoms with Crippen molar-refractivity contribution < 1.29 is 19.1 Å². The lowest BCUT2D eigenvalue weighted by molar-refractivity contribution is -0.130. The Morgan fingerprint density at radius 2 is 1.61 bits per heavy atom. The topological polar surface area (TPSA) is 75.7 Å². The minimum atomic E-state index is -1.25. The van der Waals surface area contributed by atoms with Crippen LogP contribution in [-0.4, -0.2) is 24.8 Å². The van der Waals surface area contributed by atoms with E-state index in [1.165, 1.54) is 4.90 Å². The first-order valence-electron chi connectivity index (χ1n) is 12.2. The lowest BCUT2D eigenvalue weighted by Crippen LogP contribution is -2.47. The van der Waals surface area contributed by atoms with Gasteiger partial charge in [-0.1, -0.05) is 75.4 Å². The van der Waals surface area contributed by atoms with E-state index in [4.69, 9.17) is 4.74 Å². The standard InChI is InChI=1S/C30H30N2O4/c1-29(2,3)21-13-7-9-15-24(21)32-26(33)17-22(27(32)34)30(18-19-11-5-10-16-25(19)36-4)20-12-6-8-14-23(20)31-28(30)35/h5-16,22H,17-18H2,1-4H3,(H,31,35)/t22-,30-/m0/s1. The Balaban J connectivity index is 1.66. The lowest BCUT2D eigenvalue weighted by Gasteiger charge is -2.33. The molecule has 36 heavy (non-hydrogen) atoms. The van der Waals surface area contributed by atoms with Gasteiger partial charge in [0.2, 0.25) is 17.7 Å². The van der Waals surface area contributed by atoms with Crippen molar-refractivity contribution in [1.29, 1.82) is 0 Å². The Kier molecular flexibility index (Phi) is 5.70. The normalized spacial score (nSPS) is 21.5. The highest BCUT2D eigenvalue weighted by atomic mass is 16.5. The molecule has 2 heterocycles. The molecule has 3 aromatic carbocycles. The third-order valence-corrected chi connectivity index (χ3v) is 7.42. The summed E-state index contributed by atoms with van der Waals surface area (Å²) >= 11 is 0. The fraction of sp³-hybridized carbons (Fsp3) is 0.300. The van der Waals surface area contributed by atoms with Crippen LogP contribution in [0.4, 0.5) is 11.4 Å². The second kappa shape index (κ2) is 8.63. The van der Waals surface area contributed by atoms with Crippen LogP contribution in [0.5, 0.6) is 5.75 Å². The average molecular weight is 483 g/mol. The van der Waals surface area contributed by atoms with Crippen LogP contribution < -0.4 is 15.0 Å². The predicted octanol–water partition coefficient (Wildman–Crippen LogP) is 5.01. The zero-order chi connectivity index (χ0) is 25.7. The first-order valence-corrected chi connectivity index (χ1v) is 12.2. The summed E-state index contributed by atoms with van der Waals surface area (Å²) in [5.74, 6) is -1.13. The van der Waals surface area contributed by atoms with Crippen molar-refractivity contribution in [2.24, 2.45) is 5.92 Å². The van der Waals surface area contributed by atoms with E-state index in [2.05, 4.69) is 26.1 Å². The van der Waals surface area contributed by atoms with E-state index in [9.17, 15) is 14.4 Å². The van der Waals surface area contributed by atoms with Crippen LogP contribution in [0.15, 0.2) is 72.8 Å². The van der Waals surface area contributed by atoms with Crippen LogP contribution in [0.25, 0.3) is 0 Å². The Morgan fingerprint density at radius 3 is 2.36 bits per heavy atom. The minimum absolute atomic E-state index is 0.0474. The third kappa shape index (κ3) is 3.60. The summed E-state index contributed by atoms with van der Waals surface area (Å²) < 4.78 is 5.58. The van der Waals surface area contributed by atoms with E-state index in [0.717, 1.165) is 16.7 Å². The number of para-hydroxylation sites is 3. The molecule has 2 atom stereocenters. The lowest BCUT2D eigenvalue weighted by atomic mass is 9.66. The summed E-state index contributed by atoms with van der Waals surface area (Å²) in [6.45, 7) is 6.16. The van der Waals surface area contributed by atoms with Gasteiger partial charge in [0.15, 0.2) is 0 Å². The van der Waals surface area contributed by atoms with E-state index in [1.54, 1.807) is 7.11 Å². The summed E-state index contributed by atoms with van der Waals surface area (Å²) in [6.07, 6.45) is 0.187. The molecule has 0 aromatic heterocycles. The maximum absolute atomic E-state index is 14.2. The number of benzene rings is 3. The zero-order valence-corrected chi connectivity index (χ0v) is 21.0. The van der Waals surface area contributed by atoms with Gasteiger partial charge in [-0.2, -0.15) is 0 Å². The smallest absolute Gasteiger partial charge is 0.238 e. The molecule has 184 valence electrons. The maximum Gasteiger partial charge on any atom is 0.238 e. The summed E-state index contributed by atoms with van der Waals surface area (Å²) in [5.41, 5.74) is 2.18. The molecule has 0 bridgehead atoms. The molecule has 0 unspecified atom stereocenters. The van der Waals surface area contributed by atoms with Crippen molar-refractivity contribution in [2.75, 3.05) is 17.3 Å². The second-order valence-corrected chi connectivity index (χ2v) is 10.6. The molecule has 2 aliphatic heterocycles. The van der Waals surface area contributed by atoms with Crippen molar-refractivity contribution in [1.82, 2.24) is 0 Å². The minimum Gasteiger partial charge on any atom is -0.496 e. The molecule has 0 aliphatic carbocycles. The molecule has 5 rings (SSSR count). The summed E-state index contributed by atoms with van der Waals surface area (Å²) in [7, 11) is 1.59. The highest BCUT2D eigenvalue weighted by Gasteiger charge is 2.60. The number of nitrogens with one attached hydrogen (secondary N) is 1. The number of imide groups is 1. The Hall–Kier alpha value is -3.93. The van der Waals surface area contributed by atoms with Gasteiger partial charge in [0, 0.05) is 12.1 Å². The molecule has 0 spiro atoms. The quantitative estimate of drug-likeness (QED) is 0.519. The molecule has 1 saturated heterocycles. The molecule has 1 N–H and O–H groups in total. The van der Waals surface area contributed by atoms with Crippen LogP contribution in [0.3, 0.4) is 0 Å². The zero-order valence-electron chi connectivity index (χ0n) is 21.0. The van der Waals surface area contributed by atoms with Gasteiger partial charge in [0.25, 0.3) is 0 Å². The number of anilines is 2. The van der Waals surface area contributed by atoms with Gasteiger partial charge >= 0.3 is 0 Å². The van der Waals surface area contributed by atoms with Gasteiger partial charge in [-0.05, 0) is 46.7 Å². The molecule has 2 aliphatic rings. The van der Waals surface area contributed by atoms with Crippen molar-refractivity contribution in [2.45, 2.75) is 44.4 Å². The number of ether oxygens (including phenoxy) is 1. The summed E-state index contributed by atoms with van der Waals surface area (Å²) in [4.78, 5) is 42.8. The summed E-state index contributed by atoms with van der Waals surface area (Å²) in [5, 5.41) is 2.99. The number of nitrogens with zero attached hydrogens (tertiary/aromatic N) is 1. The number of rotatable bonds is 5. The van der Waals surface area contributed by atoms with E-state index in [-0.39, 0.29) is 36.0 Å². The van der Waals surface area contributed by atoms with E-state index >= 15 is 0 Å². The fourth-order valence-corrected chi connectivity index (χ4v) is 5.70. The highest BCUT2D eigenvalue weighted by Crippen LogP contribution is 2.50. The molecule has 0 saturated carbocycles. The predicted molar refractivity (Wildman–Crippen MR) is 139 cm³/mol. The Morgan fingerprint density at radius 1 is 0.944 bits per heavy atom. The molecule has 3 aromatic rings. The Labute approximate surface area is 211 Å². The number of carbonyl (C=O) groups excluding carboxylic acids is 3. The van der Waals surface area contributed by atoms with Crippen LogP contribution in [-0.2, 0) is 31.6 Å². The average Bonchev–Trinajstić information content (AvgIpc) is 3.31. The SMILES string of the molecule is COc1ccccc1C[C@]1([C@H]2CC(=O)N(c3ccccc3C(C)(C)C)C2=O)C(=O)Nc2ccccc21. The first-order chi connectivity index (χ1) is 17.2. The van der Waals surface area contributed by atoms with Gasteiger partial charge in [0.05, 0.1) is 24.1 Å². The third-order valence-electron chi connectivity index (χ3n) is 7.42. The fourth-order valence-electron chi connectivity index (χ4n) is 5.70. The van der Waals surface area contributed by atoms with Crippen molar-refractivity contribution in [3.63, 3.8) is 0 Å². The van der Waals surface area contributed by atoms with Gasteiger partial charge in [0.1, 0.15) is 5.75 Å². The van der Waals surface area contributed by atoms with Crippen LogP contribution in [0.1, 0.15) is 43.9 Å². The number of hydrogen-bond donors (Lipinski definition) is 1. The van der Waals surface area contributed by atoms with Crippen LogP contribution in [0.2, 0.25) is 0 Å². The van der Waals surface area contributed by atoms with Gasteiger partial charge < -0.3 is 10.1 Å². The number of carbonyl (C=O) groups is 3. The van der Waals surface area contributed by atoms with E-state index in [0.29, 0.717) is 17.1 Å². The van der Waals surface area contributed by atoms with E-state index < -0.39 is 11.3 Å². The highest BCUT2D eigenvalue weighted by molar-refractivity contribution is 6.24. The number of methoxy groups -OCH3 is 1. The summed E-state index contributed by atoms with van der Waals surface area (Å²) in [6, 6.07) is 22.5. The first kappa shape index (κ1) is 23.8. The number of fused-ring (bicyclic) bond motifs is 1. The van der Waals surface area contributed by atoms with Gasteiger partial charge in [-0.15, -0.1) is 0 Å². The van der Waals surface area contributed by atoms with Crippen LogP contribution in [0, 0.1) is 5.92 Å². The number of hydrogen-bond acceptors (Lipinski definition) is 4. The molecule has 3 amide bonds. The molecular weight excluding hydrogens is 452 g/mol. The largest absolute Gasteiger partial charge is 0.496 e. The monoisotopic (exact) mass is 482 g/mol.